The maximum absolute atomic E-state index is 5.96. The van der Waals surface area contributed by atoms with Gasteiger partial charge in [-0.2, -0.15) is 0 Å². The number of rotatable bonds is 1. The van der Waals surface area contributed by atoms with Gasteiger partial charge in [-0.05, 0) is 33.8 Å². The van der Waals surface area contributed by atoms with Crippen LogP contribution in [-0.4, -0.2) is 42.3 Å². The van der Waals surface area contributed by atoms with Gasteiger partial charge in [-0.1, -0.05) is 6.58 Å². The SMILES string of the molecule is C=C=CC1O[C@H]2OC(C)(C)O[C@H]2[C@@H]2OC(C)(C)O[C@H]12. The van der Waals surface area contributed by atoms with E-state index >= 15 is 0 Å². The molecule has 0 bridgehead atoms. The summed E-state index contributed by atoms with van der Waals surface area (Å²) in [5.41, 5.74) is 2.75. The second kappa shape index (κ2) is 4.16. The van der Waals surface area contributed by atoms with Gasteiger partial charge < -0.3 is 23.7 Å². The number of hydrogen-bond donors (Lipinski definition) is 0. The molecule has 3 heterocycles. The second-order valence-corrected chi connectivity index (χ2v) is 6.00. The summed E-state index contributed by atoms with van der Waals surface area (Å²) in [4.78, 5) is 0. The molecular weight excluding hydrogens is 248 g/mol. The Morgan fingerprint density at radius 2 is 1.47 bits per heavy atom. The van der Waals surface area contributed by atoms with Gasteiger partial charge in [0.2, 0.25) is 0 Å². The van der Waals surface area contributed by atoms with Gasteiger partial charge in [0, 0.05) is 0 Å². The number of hydrogen-bond acceptors (Lipinski definition) is 5. The fraction of sp³-hybridized carbons (Fsp3) is 0.786. The highest BCUT2D eigenvalue weighted by molar-refractivity contribution is 5.05. The van der Waals surface area contributed by atoms with Crippen molar-refractivity contribution < 1.29 is 23.7 Å². The largest absolute Gasteiger partial charge is 0.342 e. The Labute approximate surface area is 113 Å². The van der Waals surface area contributed by atoms with Crippen LogP contribution in [-0.2, 0) is 23.7 Å². The first-order valence-corrected chi connectivity index (χ1v) is 6.54. The zero-order valence-electron chi connectivity index (χ0n) is 11.7. The smallest absolute Gasteiger partial charge is 0.190 e. The molecule has 0 radical (unpaired) electrons. The van der Waals surface area contributed by atoms with E-state index in [1.54, 1.807) is 6.08 Å². The molecule has 3 rings (SSSR count). The van der Waals surface area contributed by atoms with Gasteiger partial charge in [0.1, 0.15) is 24.4 Å². The van der Waals surface area contributed by atoms with Gasteiger partial charge in [-0.15, -0.1) is 5.73 Å². The lowest BCUT2D eigenvalue weighted by Gasteiger charge is -2.35. The maximum Gasteiger partial charge on any atom is 0.190 e. The van der Waals surface area contributed by atoms with Crippen LogP contribution < -0.4 is 0 Å². The summed E-state index contributed by atoms with van der Waals surface area (Å²) >= 11 is 0. The fourth-order valence-corrected chi connectivity index (χ4v) is 2.89. The second-order valence-electron chi connectivity index (χ2n) is 6.00. The Morgan fingerprint density at radius 1 is 0.895 bits per heavy atom. The molecular formula is C14H20O5. The predicted octanol–water partition coefficient (Wildman–Crippen LogP) is 1.72. The van der Waals surface area contributed by atoms with Gasteiger partial charge in [0.15, 0.2) is 17.9 Å². The van der Waals surface area contributed by atoms with Gasteiger partial charge in [0.05, 0.1) is 0 Å². The van der Waals surface area contributed by atoms with Gasteiger partial charge in [0.25, 0.3) is 0 Å². The van der Waals surface area contributed by atoms with E-state index in [0.717, 1.165) is 0 Å². The zero-order valence-corrected chi connectivity index (χ0v) is 11.7. The monoisotopic (exact) mass is 268 g/mol. The van der Waals surface area contributed by atoms with Crippen LogP contribution in [0, 0.1) is 0 Å². The molecule has 3 aliphatic heterocycles. The summed E-state index contributed by atoms with van der Waals surface area (Å²) < 4.78 is 29.4. The van der Waals surface area contributed by atoms with Crippen molar-refractivity contribution >= 4 is 0 Å². The first kappa shape index (κ1) is 13.3. The summed E-state index contributed by atoms with van der Waals surface area (Å²) in [5, 5.41) is 0. The van der Waals surface area contributed by atoms with Gasteiger partial charge in [-0.25, -0.2) is 0 Å². The van der Waals surface area contributed by atoms with Crippen molar-refractivity contribution in [3.63, 3.8) is 0 Å². The Hall–Kier alpha value is -0.680. The molecule has 1 unspecified atom stereocenters. The standard InChI is InChI=1S/C14H20O5/c1-6-7-8-9-10(17-13(2,3)16-9)11-12(15-8)19-14(4,5)18-11/h7-12H,1H2,2-5H3/t8?,9-,10-,11+,12+/m1/s1. The van der Waals surface area contributed by atoms with E-state index in [9.17, 15) is 0 Å². The van der Waals surface area contributed by atoms with E-state index in [1.807, 2.05) is 27.7 Å². The Morgan fingerprint density at radius 3 is 2.16 bits per heavy atom. The lowest BCUT2D eigenvalue weighted by Crippen LogP contribution is -2.54. The molecule has 5 atom stereocenters. The van der Waals surface area contributed by atoms with E-state index in [4.69, 9.17) is 23.7 Å². The highest BCUT2D eigenvalue weighted by atomic mass is 16.9. The third kappa shape index (κ3) is 2.27. The normalized spacial score (nSPS) is 46.2. The number of fused-ring (bicyclic) bond motifs is 3. The highest BCUT2D eigenvalue weighted by Crippen LogP contribution is 2.44. The first-order chi connectivity index (χ1) is 8.81. The Kier molecular flexibility index (Phi) is 2.91. The van der Waals surface area contributed by atoms with E-state index in [-0.39, 0.29) is 24.4 Å². The molecule has 0 spiro atoms. The molecule has 3 saturated heterocycles. The van der Waals surface area contributed by atoms with Crippen LogP contribution in [0.1, 0.15) is 27.7 Å². The summed E-state index contributed by atoms with van der Waals surface area (Å²) in [7, 11) is 0. The maximum atomic E-state index is 5.96. The predicted molar refractivity (Wildman–Crippen MR) is 66.2 cm³/mol. The molecule has 0 amide bonds. The topological polar surface area (TPSA) is 46.2 Å². The molecule has 5 heteroatoms. The summed E-state index contributed by atoms with van der Waals surface area (Å²) in [6.07, 6.45) is 0.267. The fourth-order valence-electron chi connectivity index (χ4n) is 2.89. The quantitative estimate of drug-likeness (QED) is 0.678. The number of ether oxygens (including phenoxy) is 5. The average Bonchev–Trinajstić information content (AvgIpc) is 2.74. The molecule has 0 aromatic carbocycles. The molecule has 0 aromatic rings. The molecule has 0 saturated carbocycles. The summed E-state index contributed by atoms with van der Waals surface area (Å²) in [6.45, 7) is 11.1. The minimum absolute atomic E-state index is 0.217. The minimum atomic E-state index is -0.678. The van der Waals surface area contributed by atoms with E-state index in [2.05, 4.69) is 12.3 Å². The molecule has 0 aliphatic carbocycles. The third-order valence-corrected chi connectivity index (χ3v) is 3.47. The highest BCUT2D eigenvalue weighted by Gasteiger charge is 2.60. The van der Waals surface area contributed by atoms with Crippen molar-refractivity contribution in [3.8, 4) is 0 Å². The molecule has 3 aliphatic rings. The first-order valence-electron chi connectivity index (χ1n) is 6.54. The molecule has 5 nitrogen and oxygen atoms in total. The third-order valence-electron chi connectivity index (χ3n) is 3.47. The lowest BCUT2D eigenvalue weighted by molar-refractivity contribution is -0.222. The lowest BCUT2D eigenvalue weighted by atomic mass is 9.99. The average molecular weight is 268 g/mol. The van der Waals surface area contributed by atoms with Gasteiger partial charge in [-0.3, -0.25) is 0 Å². The van der Waals surface area contributed by atoms with Crippen LogP contribution in [0.2, 0.25) is 0 Å². The molecule has 3 fully saturated rings. The Bertz CT molecular complexity index is 424. The molecule has 106 valence electrons. The van der Waals surface area contributed by atoms with E-state index in [0.29, 0.717) is 0 Å². The van der Waals surface area contributed by atoms with E-state index < -0.39 is 17.9 Å². The van der Waals surface area contributed by atoms with Crippen molar-refractivity contribution in [2.75, 3.05) is 0 Å². The van der Waals surface area contributed by atoms with Crippen molar-refractivity contribution in [1.29, 1.82) is 0 Å². The van der Waals surface area contributed by atoms with Crippen molar-refractivity contribution in [3.05, 3.63) is 18.4 Å². The van der Waals surface area contributed by atoms with Gasteiger partial charge >= 0.3 is 0 Å². The minimum Gasteiger partial charge on any atom is -0.342 e. The van der Waals surface area contributed by atoms with Crippen LogP contribution in [0.3, 0.4) is 0 Å². The van der Waals surface area contributed by atoms with Crippen molar-refractivity contribution in [1.82, 2.24) is 0 Å². The summed E-state index contributed by atoms with van der Waals surface area (Å²) in [5.74, 6) is -1.33. The van der Waals surface area contributed by atoms with Crippen molar-refractivity contribution in [2.24, 2.45) is 0 Å². The van der Waals surface area contributed by atoms with Crippen LogP contribution in [0.15, 0.2) is 18.4 Å². The van der Waals surface area contributed by atoms with Crippen molar-refractivity contribution in [2.45, 2.75) is 70.0 Å². The molecule has 19 heavy (non-hydrogen) atoms. The van der Waals surface area contributed by atoms with E-state index in [1.165, 1.54) is 0 Å². The van der Waals surface area contributed by atoms with Crippen LogP contribution in [0.25, 0.3) is 0 Å². The zero-order chi connectivity index (χ0) is 13.8. The molecule has 0 N–H and O–H groups in total. The van der Waals surface area contributed by atoms with Crippen LogP contribution in [0.5, 0.6) is 0 Å². The van der Waals surface area contributed by atoms with Crippen LogP contribution >= 0.6 is 0 Å². The summed E-state index contributed by atoms with van der Waals surface area (Å²) in [6, 6.07) is 0. The van der Waals surface area contributed by atoms with Crippen LogP contribution in [0.4, 0.5) is 0 Å². The Balaban J connectivity index is 1.90. The molecule has 0 aromatic heterocycles.